The zero-order valence-electron chi connectivity index (χ0n) is 34.0. The number of amides is 4. The van der Waals surface area contributed by atoms with Crippen molar-refractivity contribution < 1.29 is 43.3 Å². The Kier molecular flexibility index (Phi) is 16.5. The van der Waals surface area contributed by atoms with Gasteiger partial charge in [0, 0.05) is 48.3 Å². The Balaban J connectivity index is 1.55. The number of carbonyl (C=O) groups is 5. The van der Waals surface area contributed by atoms with E-state index in [9.17, 15) is 29.1 Å². The molecule has 0 saturated heterocycles. The van der Waals surface area contributed by atoms with Crippen LogP contribution in [0.4, 0.5) is 0 Å². The molecule has 1 heterocycles. The number of halogens is 1. The molecule has 4 atom stereocenters. The summed E-state index contributed by atoms with van der Waals surface area (Å²) in [7, 11) is 1.43. The highest BCUT2D eigenvalue weighted by Crippen LogP contribution is 2.40. The smallest absolute Gasteiger partial charge is 0.326 e. The van der Waals surface area contributed by atoms with Gasteiger partial charge in [-0.1, -0.05) is 23.7 Å². The van der Waals surface area contributed by atoms with Crippen molar-refractivity contribution in [2.24, 2.45) is 17.2 Å². The van der Waals surface area contributed by atoms with E-state index in [-0.39, 0.29) is 44.7 Å². The molecule has 10 N–H and O–H groups in total. The maximum Gasteiger partial charge on any atom is 0.326 e. The molecule has 4 unspecified atom stereocenters. The number of nitrogens with two attached hydrogens (primary N) is 3. The van der Waals surface area contributed by atoms with Crippen molar-refractivity contribution >= 4 is 41.2 Å². The number of carboxylic acid groups (broad SMARTS) is 1. The zero-order chi connectivity index (χ0) is 44.1. The molecule has 0 aliphatic carbocycles. The molecule has 4 aromatic carbocycles. The van der Waals surface area contributed by atoms with Gasteiger partial charge in [-0.25, -0.2) is 4.79 Å². The highest BCUT2D eigenvalue weighted by atomic mass is 35.5. The third-order valence-corrected chi connectivity index (χ3v) is 10.2. The summed E-state index contributed by atoms with van der Waals surface area (Å²) in [6.07, 6.45) is 1.14. The predicted octanol–water partition coefficient (Wildman–Crippen LogP) is 3.53. The summed E-state index contributed by atoms with van der Waals surface area (Å²) >= 11 is 5.98. The van der Waals surface area contributed by atoms with E-state index >= 15 is 0 Å². The van der Waals surface area contributed by atoms with Crippen LogP contribution in [0.15, 0.2) is 84.9 Å². The Labute approximate surface area is 359 Å². The molecule has 0 spiro atoms. The van der Waals surface area contributed by atoms with Gasteiger partial charge in [0.1, 0.15) is 60.4 Å². The van der Waals surface area contributed by atoms with Crippen molar-refractivity contribution in [3.05, 3.63) is 107 Å². The van der Waals surface area contributed by atoms with Gasteiger partial charge in [0.15, 0.2) is 0 Å². The van der Waals surface area contributed by atoms with E-state index in [2.05, 4.69) is 16.0 Å². The summed E-state index contributed by atoms with van der Waals surface area (Å²) in [5, 5.41) is 18.7. The van der Waals surface area contributed by atoms with Gasteiger partial charge < -0.3 is 57.4 Å². The van der Waals surface area contributed by atoms with Crippen LogP contribution in [0.25, 0.3) is 11.1 Å². The van der Waals surface area contributed by atoms with E-state index in [1.165, 1.54) is 18.9 Å². The van der Waals surface area contributed by atoms with Gasteiger partial charge in [-0.2, -0.15) is 0 Å². The molecule has 1 aliphatic rings. The molecule has 0 saturated carbocycles. The second-order valence-corrected chi connectivity index (χ2v) is 14.9. The third kappa shape index (κ3) is 12.2. The number of nitrogens with one attached hydrogen (secondary N) is 3. The fraction of sp³-hybridized carbons (Fsp3) is 0.341. The summed E-state index contributed by atoms with van der Waals surface area (Å²) in [5.74, 6) is -2.15. The standard InChI is InChI=1S/C44H52ClN7O9/c1-26-40(53)51-36(44(57)58)24-27-6-16-37(59-21-19-47)33(23-27)34-25-29(9-17-38(34)60-22-20-48)39(42(55)49-26)52(2)43(56)35(5-3-4-18-46)50-41(54)28-7-12-31(13-8-28)61-32-14-10-30(45)11-15-32/h6-17,23,25-26,35-36,39H,3-5,18-22,24,46-48H2,1-2H3,(H,49,55)(H,50,54)(H,51,53)(H,57,58). The van der Waals surface area contributed by atoms with Crippen molar-refractivity contribution in [1.82, 2.24) is 20.9 Å². The molecule has 4 aromatic rings. The molecule has 5 rings (SSSR count). The lowest BCUT2D eigenvalue weighted by Gasteiger charge is -2.32. The van der Waals surface area contributed by atoms with Crippen LogP contribution in [0.5, 0.6) is 23.0 Å². The van der Waals surface area contributed by atoms with E-state index < -0.39 is 53.8 Å². The Morgan fingerprint density at radius 1 is 0.820 bits per heavy atom. The normalized spacial score (nSPS) is 16.9. The molecule has 0 fully saturated rings. The first-order valence-electron chi connectivity index (χ1n) is 19.9. The molecule has 4 bridgehead atoms. The number of hydrogen-bond acceptors (Lipinski definition) is 11. The molecule has 0 aromatic heterocycles. The van der Waals surface area contributed by atoms with Gasteiger partial charge in [-0.15, -0.1) is 0 Å². The molecule has 324 valence electrons. The minimum Gasteiger partial charge on any atom is -0.492 e. The van der Waals surface area contributed by atoms with Crippen molar-refractivity contribution in [2.75, 3.05) is 39.9 Å². The van der Waals surface area contributed by atoms with Gasteiger partial charge in [-0.3, -0.25) is 19.2 Å². The lowest BCUT2D eigenvalue weighted by molar-refractivity contribution is -0.143. The van der Waals surface area contributed by atoms with Crippen LogP contribution < -0.4 is 47.4 Å². The third-order valence-electron chi connectivity index (χ3n) is 9.91. The molecule has 17 heteroatoms. The maximum absolute atomic E-state index is 14.6. The van der Waals surface area contributed by atoms with Gasteiger partial charge in [0.2, 0.25) is 17.7 Å². The average Bonchev–Trinajstić information content (AvgIpc) is 3.25. The van der Waals surface area contributed by atoms with E-state index in [0.29, 0.717) is 69.7 Å². The van der Waals surface area contributed by atoms with Crippen molar-refractivity contribution in [1.29, 1.82) is 0 Å². The number of unbranched alkanes of at least 4 members (excludes halogenated alkanes) is 1. The van der Waals surface area contributed by atoms with Gasteiger partial charge in [0.25, 0.3) is 5.91 Å². The number of nitrogens with zero attached hydrogens (tertiary/aromatic N) is 1. The van der Waals surface area contributed by atoms with Crippen LogP contribution in [0.2, 0.25) is 5.02 Å². The number of carbonyl (C=O) groups excluding carboxylic acids is 4. The first-order valence-corrected chi connectivity index (χ1v) is 20.3. The van der Waals surface area contributed by atoms with Gasteiger partial charge in [0.05, 0.1) is 0 Å². The molecule has 4 amide bonds. The van der Waals surface area contributed by atoms with Crippen LogP contribution in [-0.2, 0) is 25.6 Å². The van der Waals surface area contributed by atoms with E-state index in [1.807, 2.05) is 0 Å². The second-order valence-electron chi connectivity index (χ2n) is 14.4. The largest absolute Gasteiger partial charge is 0.492 e. The van der Waals surface area contributed by atoms with Crippen LogP contribution in [0.3, 0.4) is 0 Å². The number of benzene rings is 4. The molecular weight excluding hydrogens is 806 g/mol. The quantitative estimate of drug-likeness (QED) is 0.0754. The number of hydrogen-bond donors (Lipinski definition) is 7. The highest BCUT2D eigenvalue weighted by molar-refractivity contribution is 6.30. The minimum atomic E-state index is -1.38. The van der Waals surface area contributed by atoms with Crippen molar-refractivity contribution in [3.8, 4) is 34.1 Å². The van der Waals surface area contributed by atoms with Crippen molar-refractivity contribution in [3.63, 3.8) is 0 Å². The van der Waals surface area contributed by atoms with Gasteiger partial charge >= 0.3 is 5.97 Å². The van der Waals surface area contributed by atoms with E-state index in [0.717, 1.165) is 0 Å². The van der Waals surface area contributed by atoms with Crippen LogP contribution >= 0.6 is 11.6 Å². The highest BCUT2D eigenvalue weighted by Gasteiger charge is 2.36. The molecule has 16 nitrogen and oxygen atoms in total. The number of likely N-dealkylation sites (N-methyl/N-ethyl adjacent to an activating group) is 1. The van der Waals surface area contributed by atoms with Crippen LogP contribution in [0, 0.1) is 0 Å². The Morgan fingerprint density at radius 3 is 2.03 bits per heavy atom. The number of aliphatic carboxylic acids is 1. The lowest BCUT2D eigenvalue weighted by Crippen LogP contribution is -2.54. The van der Waals surface area contributed by atoms with Gasteiger partial charge in [-0.05, 0) is 117 Å². The predicted molar refractivity (Wildman–Crippen MR) is 229 cm³/mol. The number of ether oxygens (including phenoxy) is 3. The first kappa shape index (κ1) is 45.9. The fourth-order valence-corrected chi connectivity index (χ4v) is 6.88. The van der Waals surface area contributed by atoms with Crippen LogP contribution in [-0.4, -0.2) is 97.6 Å². The topological polar surface area (TPSA) is 251 Å². The molecule has 61 heavy (non-hydrogen) atoms. The SMILES string of the molecule is CC1NC(=O)C(N(C)C(=O)C(CCCCN)NC(=O)c2ccc(Oc3ccc(Cl)cc3)cc2)c2ccc(OCCN)c(c2)-c2cc(ccc2OCCN)CC(C(=O)O)NC1=O. The molecule has 0 radical (unpaired) electrons. The zero-order valence-corrected chi connectivity index (χ0v) is 34.8. The number of fused-ring (bicyclic) bond motifs is 5. The molecular formula is C44H52ClN7O9. The summed E-state index contributed by atoms with van der Waals surface area (Å²) in [4.78, 5) is 69.8. The molecule has 1 aliphatic heterocycles. The summed E-state index contributed by atoms with van der Waals surface area (Å²) in [6, 6.07) is 18.1. The van der Waals surface area contributed by atoms with Crippen LogP contribution in [0.1, 0.15) is 53.7 Å². The minimum absolute atomic E-state index is 0.0942. The Hall–Kier alpha value is -6.20. The first-order chi connectivity index (χ1) is 29.3. The Morgan fingerprint density at radius 2 is 1.43 bits per heavy atom. The maximum atomic E-state index is 14.6. The summed E-state index contributed by atoms with van der Waals surface area (Å²) < 4.78 is 17.9. The summed E-state index contributed by atoms with van der Waals surface area (Å²) in [6.45, 7) is 2.45. The summed E-state index contributed by atoms with van der Waals surface area (Å²) in [5.41, 5.74) is 19.5. The van der Waals surface area contributed by atoms with E-state index in [4.69, 9.17) is 43.0 Å². The monoisotopic (exact) mass is 857 g/mol. The second kappa shape index (κ2) is 21.9. The number of rotatable bonds is 17. The lowest BCUT2D eigenvalue weighted by atomic mass is 9.93. The van der Waals surface area contributed by atoms with E-state index in [1.54, 1.807) is 84.9 Å². The number of carboxylic acids is 1. The average molecular weight is 858 g/mol. The Bertz CT molecular complexity index is 2170. The fourth-order valence-electron chi connectivity index (χ4n) is 6.75. The van der Waals surface area contributed by atoms with Crippen molar-refractivity contribution in [2.45, 2.75) is 56.8 Å².